The van der Waals surface area contributed by atoms with Crippen molar-refractivity contribution < 1.29 is 9.59 Å². The number of nitrogens with one attached hydrogen (secondary N) is 2. The maximum absolute atomic E-state index is 12.9. The lowest BCUT2D eigenvalue weighted by Gasteiger charge is -2.23. The van der Waals surface area contributed by atoms with Gasteiger partial charge in [-0.2, -0.15) is 0 Å². The smallest absolute Gasteiger partial charge is 0.196 e. The van der Waals surface area contributed by atoms with Crippen LogP contribution in [0.1, 0.15) is 31.8 Å². The fourth-order valence-electron chi connectivity index (χ4n) is 2.76. The monoisotopic (exact) mass is 292 g/mol. The van der Waals surface area contributed by atoms with Gasteiger partial charge in [0, 0.05) is 36.1 Å². The molecular formula is C18H16N2O2. The average molecular weight is 292 g/mol. The molecular weight excluding hydrogens is 276 g/mol. The summed E-state index contributed by atoms with van der Waals surface area (Å²) in [6, 6.07) is 10.6. The molecule has 3 rings (SSSR count). The second-order valence-corrected chi connectivity index (χ2v) is 5.03. The minimum atomic E-state index is -0.131. The fourth-order valence-corrected chi connectivity index (χ4v) is 2.76. The van der Waals surface area contributed by atoms with Crippen LogP contribution in [0.4, 0.5) is 11.4 Å². The molecule has 2 N–H and O–H groups in total. The number of carbonyl (C=O) groups is 2. The zero-order valence-corrected chi connectivity index (χ0v) is 12.3. The first-order valence-corrected chi connectivity index (χ1v) is 7.07. The Kier molecular flexibility index (Phi) is 3.51. The standard InChI is InChI=1S/C18H16N2O2/c1-3-10-20-14-9-8-13(19-2)15-16(14)18(22)12-7-5-4-6-11(12)17(15)21/h3-9,19-20H,1,10H2,2H3. The summed E-state index contributed by atoms with van der Waals surface area (Å²) in [6.45, 7) is 4.19. The first kappa shape index (κ1) is 14.1. The number of benzene rings is 2. The molecule has 0 aromatic heterocycles. The van der Waals surface area contributed by atoms with Gasteiger partial charge in [0.2, 0.25) is 0 Å². The van der Waals surface area contributed by atoms with Gasteiger partial charge in [0.25, 0.3) is 0 Å². The summed E-state index contributed by atoms with van der Waals surface area (Å²) in [7, 11) is 1.74. The van der Waals surface area contributed by atoms with Crippen molar-refractivity contribution in [1.29, 1.82) is 0 Å². The maximum atomic E-state index is 12.9. The van der Waals surface area contributed by atoms with Gasteiger partial charge in [-0.15, -0.1) is 6.58 Å². The van der Waals surface area contributed by atoms with E-state index in [-0.39, 0.29) is 11.6 Å². The molecule has 0 saturated carbocycles. The van der Waals surface area contributed by atoms with Crippen molar-refractivity contribution in [1.82, 2.24) is 0 Å². The Morgan fingerprint density at radius 1 is 0.955 bits per heavy atom. The first-order chi connectivity index (χ1) is 10.7. The number of carbonyl (C=O) groups excluding carboxylic acids is 2. The van der Waals surface area contributed by atoms with Crippen LogP contribution in [0.2, 0.25) is 0 Å². The average Bonchev–Trinajstić information content (AvgIpc) is 2.57. The van der Waals surface area contributed by atoms with E-state index >= 15 is 0 Å². The maximum Gasteiger partial charge on any atom is 0.196 e. The lowest BCUT2D eigenvalue weighted by molar-refractivity contribution is 0.0980. The molecule has 0 aliphatic heterocycles. The molecule has 0 heterocycles. The second kappa shape index (κ2) is 5.48. The molecule has 1 aliphatic rings. The molecule has 22 heavy (non-hydrogen) atoms. The van der Waals surface area contributed by atoms with Crippen LogP contribution in [0, 0.1) is 0 Å². The van der Waals surface area contributed by atoms with Crippen LogP contribution in [0.5, 0.6) is 0 Å². The number of ketones is 2. The molecule has 0 spiro atoms. The first-order valence-electron chi connectivity index (χ1n) is 7.07. The SMILES string of the molecule is C=CCNc1ccc(NC)c2c1C(=O)c1ccccc1C2=O. The highest BCUT2D eigenvalue weighted by Crippen LogP contribution is 2.36. The molecule has 4 nitrogen and oxygen atoms in total. The van der Waals surface area contributed by atoms with E-state index in [0.717, 1.165) is 0 Å². The number of hydrogen-bond donors (Lipinski definition) is 2. The third kappa shape index (κ3) is 2.00. The van der Waals surface area contributed by atoms with Crippen LogP contribution in [0.15, 0.2) is 49.1 Å². The Hall–Kier alpha value is -2.88. The van der Waals surface area contributed by atoms with E-state index in [4.69, 9.17) is 0 Å². The summed E-state index contributed by atoms with van der Waals surface area (Å²) in [4.78, 5) is 25.7. The predicted molar refractivity (Wildman–Crippen MR) is 88.0 cm³/mol. The molecule has 0 saturated heterocycles. The van der Waals surface area contributed by atoms with Gasteiger partial charge >= 0.3 is 0 Å². The van der Waals surface area contributed by atoms with Crippen LogP contribution >= 0.6 is 0 Å². The molecule has 2 aromatic rings. The minimum absolute atomic E-state index is 0.128. The molecule has 0 atom stereocenters. The van der Waals surface area contributed by atoms with Gasteiger partial charge in [0.15, 0.2) is 11.6 Å². The fraction of sp³-hybridized carbons (Fsp3) is 0.111. The summed E-state index contributed by atoms with van der Waals surface area (Å²) in [6.07, 6.45) is 1.71. The van der Waals surface area contributed by atoms with Crippen molar-refractivity contribution >= 4 is 22.9 Å². The molecule has 0 fully saturated rings. The van der Waals surface area contributed by atoms with Gasteiger partial charge in [-0.05, 0) is 12.1 Å². The number of fused-ring (bicyclic) bond motifs is 2. The molecule has 2 aromatic carbocycles. The Balaban J connectivity index is 2.27. The van der Waals surface area contributed by atoms with Crippen molar-refractivity contribution in [2.45, 2.75) is 0 Å². The van der Waals surface area contributed by atoms with Gasteiger partial charge in [0.05, 0.1) is 11.1 Å². The molecule has 0 bridgehead atoms. The normalized spacial score (nSPS) is 12.4. The highest BCUT2D eigenvalue weighted by Gasteiger charge is 2.33. The summed E-state index contributed by atoms with van der Waals surface area (Å²) in [5, 5.41) is 6.14. The van der Waals surface area contributed by atoms with Crippen LogP contribution in [-0.2, 0) is 0 Å². The molecule has 0 unspecified atom stereocenters. The van der Waals surface area contributed by atoms with Crippen LogP contribution in [-0.4, -0.2) is 25.2 Å². The summed E-state index contributed by atoms with van der Waals surface area (Å²) >= 11 is 0. The molecule has 110 valence electrons. The van der Waals surface area contributed by atoms with Crippen LogP contribution < -0.4 is 10.6 Å². The van der Waals surface area contributed by atoms with Crippen molar-refractivity contribution in [3.8, 4) is 0 Å². The minimum Gasteiger partial charge on any atom is -0.388 e. The van der Waals surface area contributed by atoms with E-state index < -0.39 is 0 Å². The Bertz CT molecular complexity index is 794. The van der Waals surface area contributed by atoms with Gasteiger partial charge in [-0.1, -0.05) is 30.3 Å². The van der Waals surface area contributed by atoms with Crippen molar-refractivity contribution in [3.05, 3.63) is 71.3 Å². The third-order valence-corrected chi connectivity index (χ3v) is 3.78. The molecule has 0 radical (unpaired) electrons. The summed E-state index contributed by atoms with van der Waals surface area (Å²) in [5.41, 5.74) is 3.08. The highest BCUT2D eigenvalue weighted by molar-refractivity contribution is 6.31. The number of anilines is 2. The highest BCUT2D eigenvalue weighted by atomic mass is 16.1. The third-order valence-electron chi connectivity index (χ3n) is 3.78. The van der Waals surface area contributed by atoms with E-state index in [1.165, 1.54) is 0 Å². The van der Waals surface area contributed by atoms with Crippen LogP contribution in [0.25, 0.3) is 0 Å². The van der Waals surface area contributed by atoms with E-state index in [2.05, 4.69) is 17.2 Å². The quantitative estimate of drug-likeness (QED) is 0.725. The molecule has 4 heteroatoms. The van der Waals surface area contributed by atoms with E-state index in [9.17, 15) is 9.59 Å². The Labute approximate surface area is 128 Å². The zero-order chi connectivity index (χ0) is 15.7. The van der Waals surface area contributed by atoms with Crippen molar-refractivity contribution in [2.24, 2.45) is 0 Å². The molecule has 1 aliphatic carbocycles. The van der Waals surface area contributed by atoms with E-state index in [1.807, 2.05) is 12.1 Å². The Morgan fingerprint density at radius 3 is 2.05 bits per heavy atom. The van der Waals surface area contributed by atoms with Gasteiger partial charge in [-0.3, -0.25) is 9.59 Å². The lowest BCUT2D eigenvalue weighted by Crippen LogP contribution is -2.24. The Morgan fingerprint density at radius 2 is 1.50 bits per heavy atom. The largest absolute Gasteiger partial charge is 0.388 e. The van der Waals surface area contributed by atoms with Gasteiger partial charge in [0.1, 0.15) is 0 Å². The second-order valence-electron chi connectivity index (χ2n) is 5.03. The van der Waals surface area contributed by atoms with E-state index in [1.54, 1.807) is 37.4 Å². The van der Waals surface area contributed by atoms with Crippen molar-refractivity contribution in [3.63, 3.8) is 0 Å². The van der Waals surface area contributed by atoms with Gasteiger partial charge < -0.3 is 10.6 Å². The number of hydrogen-bond acceptors (Lipinski definition) is 4. The lowest BCUT2D eigenvalue weighted by atomic mass is 9.82. The molecule has 0 amide bonds. The van der Waals surface area contributed by atoms with Crippen molar-refractivity contribution in [2.75, 3.05) is 24.2 Å². The van der Waals surface area contributed by atoms with Gasteiger partial charge in [-0.25, -0.2) is 0 Å². The topological polar surface area (TPSA) is 58.2 Å². The zero-order valence-electron chi connectivity index (χ0n) is 12.3. The van der Waals surface area contributed by atoms with Crippen LogP contribution in [0.3, 0.4) is 0 Å². The van der Waals surface area contributed by atoms with E-state index in [0.29, 0.717) is 40.2 Å². The summed E-state index contributed by atoms with van der Waals surface area (Å²) in [5.74, 6) is -0.259. The predicted octanol–water partition coefficient (Wildman–Crippen LogP) is 3.10. The summed E-state index contributed by atoms with van der Waals surface area (Å²) < 4.78 is 0. The number of rotatable bonds is 4.